The van der Waals surface area contributed by atoms with Gasteiger partial charge in [0, 0.05) is 12.2 Å². The average molecular weight is 236 g/mol. The summed E-state index contributed by atoms with van der Waals surface area (Å²) in [5, 5.41) is 9.14. The van der Waals surface area contributed by atoms with Crippen LogP contribution >= 0.6 is 0 Å². The zero-order valence-corrected chi connectivity index (χ0v) is 9.87. The van der Waals surface area contributed by atoms with E-state index in [9.17, 15) is 0 Å². The second-order valence-electron chi connectivity index (χ2n) is 4.26. The molecule has 0 saturated carbocycles. The van der Waals surface area contributed by atoms with E-state index in [0.29, 0.717) is 11.4 Å². The number of aromatic nitrogens is 2. The molecule has 0 amide bonds. The molecule has 0 bridgehead atoms. The van der Waals surface area contributed by atoms with Crippen molar-refractivity contribution in [2.24, 2.45) is 0 Å². The molecule has 88 valence electrons. The van der Waals surface area contributed by atoms with Crippen LogP contribution in [0, 0.1) is 11.3 Å². The predicted octanol–water partition coefficient (Wildman–Crippen LogP) is 2.43. The Balaban J connectivity index is 2.12. The lowest BCUT2D eigenvalue weighted by atomic mass is 10.0. The Morgan fingerprint density at radius 1 is 1.28 bits per heavy atom. The van der Waals surface area contributed by atoms with E-state index in [0.717, 1.165) is 25.1 Å². The second-order valence-corrected chi connectivity index (χ2v) is 4.26. The summed E-state index contributed by atoms with van der Waals surface area (Å²) < 4.78 is 0. The van der Waals surface area contributed by atoms with Crippen LogP contribution in [0.2, 0.25) is 0 Å². The fourth-order valence-corrected chi connectivity index (χ4v) is 2.37. The minimum absolute atomic E-state index is 0.522. The zero-order valence-electron chi connectivity index (χ0n) is 9.87. The van der Waals surface area contributed by atoms with Gasteiger partial charge in [-0.15, -0.1) is 0 Å². The van der Waals surface area contributed by atoms with E-state index >= 15 is 0 Å². The van der Waals surface area contributed by atoms with Gasteiger partial charge in [0.05, 0.1) is 6.20 Å². The average Bonchev–Trinajstić information content (AvgIpc) is 2.46. The Morgan fingerprint density at radius 2 is 2.17 bits per heavy atom. The highest BCUT2D eigenvalue weighted by Gasteiger charge is 2.20. The van der Waals surface area contributed by atoms with Gasteiger partial charge in [-0.1, -0.05) is 18.2 Å². The Kier molecular flexibility index (Phi) is 2.66. The van der Waals surface area contributed by atoms with E-state index in [1.54, 1.807) is 6.20 Å². The van der Waals surface area contributed by atoms with Crippen molar-refractivity contribution in [1.82, 2.24) is 9.97 Å². The summed E-state index contributed by atoms with van der Waals surface area (Å²) in [4.78, 5) is 10.3. The predicted molar refractivity (Wildman–Crippen MR) is 68.5 cm³/mol. The highest BCUT2D eigenvalue weighted by molar-refractivity contribution is 5.68. The van der Waals surface area contributed by atoms with Gasteiger partial charge >= 0.3 is 0 Å². The van der Waals surface area contributed by atoms with Gasteiger partial charge < -0.3 is 4.90 Å². The summed E-state index contributed by atoms with van der Waals surface area (Å²) in [7, 11) is 0. The van der Waals surface area contributed by atoms with Crippen LogP contribution in [0.4, 0.5) is 11.5 Å². The van der Waals surface area contributed by atoms with Crippen molar-refractivity contribution >= 4 is 11.5 Å². The molecule has 0 fully saturated rings. The molecule has 0 saturated heterocycles. The summed E-state index contributed by atoms with van der Waals surface area (Å²) in [6.07, 6.45) is 5.22. The molecule has 18 heavy (non-hydrogen) atoms. The topological polar surface area (TPSA) is 52.8 Å². The Hall–Kier alpha value is -2.41. The largest absolute Gasteiger partial charge is 0.325 e. The highest BCUT2D eigenvalue weighted by atomic mass is 15.2. The molecule has 0 radical (unpaired) electrons. The number of hydrogen-bond donors (Lipinski definition) is 0. The van der Waals surface area contributed by atoms with Gasteiger partial charge in [0.2, 0.25) is 0 Å². The van der Waals surface area contributed by atoms with Crippen molar-refractivity contribution in [3.05, 3.63) is 47.9 Å². The monoisotopic (exact) mass is 236 g/mol. The Bertz CT molecular complexity index is 615. The molecular formula is C14H12N4. The summed E-state index contributed by atoms with van der Waals surface area (Å²) in [5.41, 5.74) is 2.99. The van der Waals surface area contributed by atoms with Crippen LogP contribution in [0.15, 0.2) is 36.8 Å². The Morgan fingerprint density at radius 3 is 3.06 bits per heavy atom. The third kappa shape index (κ3) is 1.70. The third-order valence-corrected chi connectivity index (χ3v) is 3.18. The zero-order chi connectivity index (χ0) is 12.4. The van der Waals surface area contributed by atoms with E-state index in [1.807, 2.05) is 12.1 Å². The maximum absolute atomic E-state index is 9.14. The van der Waals surface area contributed by atoms with Crippen LogP contribution in [-0.4, -0.2) is 16.5 Å². The van der Waals surface area contributed by atoms with E-state index in [1.165, 1.54) is 11.9 Å². The van der Waals surface area contributed by atoms with Crippen LogP contribution in [-0.2, 0) is 6.42 Å². The number of para-hydroxylation sites is 1. The summed E-state index contributed by atoms with van der Waals surface area (Å²) >= 11 is 0. The fraction of sp³-hybridized carbons (Fsp3) is 0.214. The molecule has 0 aliphatic carbocycles. The van der Waals surface area contributed by atoms with Crippen molar-refractivity contribution in [3.63, 3.8) is 0 Å². The van der Waals surface area contributed by atoms with E-state index in [2.05, 4.69) is 33.1 Å². The molecule has 4 nitrogen and oxygen atoms in total. The standard InChI is InChI=1S/C14H12N4/c15-8-12-9-16-10-17-14(12)18-7-3-5-11-4-1-2-6-13(11)18/h1-2,4,6,9-10H,3,5,7H2. The van der Waals surface area contributed by atoms with Gasteiger partial charge in [0.1, 0.15) is 18.0 Å². The lowest BCUT2D eigenvalue weighted by Gasteiger charge is -2.30. The lowest BCUT2D eigenvalue weighted by Crippen LogP contribution is -2.26. The number of nitriles is 1. The number of rotatable bonds is 1. The van der Waals surface area contributed by atoms with Gasteiger partial charge in [-0.2, -0.15) is 5.26 Å². The molecule has 1 aromatic heterocycles. The molecule has 1 aliphatic heterocycles. The molecular weight excluding hydrogens is 224 g/mol. The molecule has 2 aromatic rings. The van der Waals surface area contributed by atoms with Crippen molar-refractivity contribution < 1.29 is 0 Å². The first-order chi connectivity index (χ1) is 8.90. The Labute approximate surface area is 106 Å². The van der Waals surface area contributed by atoms with E-state index in [-0.39, 0.29) is 0 Å². The van der Waals surface area contributed by atoms with Crippen LogP contribution < -0.4 is 4.90 Å². The third-order valence-electron chi connectivity index (χ3n) is 3.18. The van der Waals surface area contributed by atoms with Gasteiger partial charge in [-0.05, 0) is 24.5 Å². The minimum atomic E-state index is 0.522. The smallest absolute Gasteiger partial charge is 0.154 e. The van der Waals surface area contributed by atoms with Crippen LogP contribution in [0.25, 0.3) is 0 Å². The van der Waals surface area contributed by atoms with Crippen molar-refractivity contribution in [2.75, 3.05) is 11.4 Å². The number of anilines is 2. The molecule has 0 N–H and O–H groups in total. The molecule has 2 heterocycles. The first-order valence-corrected chi connectivity index (χ1v) is 5.95. The number of aryl methyl sites for hydroxylation is 1. The summed E-state index contributed by atoms with van der Waals surface area (Å²) in [5.74, 6) is 0.708. The maximum atomic E-state index is 9.14. The lowest BCUT2D eigenvalue weighted by molar-refractivity contribution is 0.757. The number of nitrogens with zero attached hydrogens (tertiary/aromatic N) is 4. The molecule has 1 aliphatic rings. The molecule has 4 heteroatoms. The van der Waals surface area contributed by atoms with Gasteiger partial charge in [0.25, 0.3) is 0 Å². The first kappa shape index (κ1) is 10.7. The quantitative estimate of drug-likeness (QED) is 0.763. The number of benzene rings is 1. The van der Waals surface area contributed by atoms with Gasteiger partial charge in [-0.3, -0.25) is 0 Å². The van der Waals surface area contributed by atoms with Gasteiger partial charge in [0.15, 0.2) is 5.82 Å². The first-order valence-electron chi connectivity index (χ1n) is 5.95. The van der Waals surface area contributed by atoms with Crippen molar-refractivity contribution in [1.29, 1.82) is 5.26 Å². The van der Waals surface area contributed by atoms with Gasteiger partial charge in [-0.25, -0.2) is 9.97 Å². The molecule has 0 atom stereocenters. The van der Waals surface area contributed by atoms with Crippen LogP contribution in [0.5, 0.6) is 0 Å². The van der Waals surface area contributed by atoms with Crippen LogP contribution in [0.3, 0.4) is 0 Å². The summed E-state index contributed by atoms with van der Waals surface area (Å²) in [6, 6.07) is 10.4. The van der Waals surface area contributed by atoms with Crippen molar-refractivity contribution in [2.45, 2.75) is 12.8 Å². The molecule has 1 aromatic carbocycles. The molecule has 0 spiro atoms. The maximum Gasteiger partial charge on any atom is 0.154 e. The number of fused-ring (bicyclic) bond motifs is 1. The normalized spacial score (nSPS) is 13.8. The van der Waals surface area contributed by atoms with Crippen LogP contribution in [0.1, 0.15) is 17.5 Å². The minimum Gasteiger partial charge on any atom is -0.325 e. The molecule has 3 rings (SSSR count). The van der Waals surface area contributed by atoms with E-state index < -0.39 is 0 Å². The second kappa shape index (κ2) is 4.46. The van der Waals surface area contributed by atoms with Crippen molar-refractivity contribution in [3.8, 4) is 6.07 Å². The number of hydrogen-bond acceptors (Lipinski definition) is 4. The van der Waals surface area contributed by atoms with E-state index in [4.69, 9.17) is 5.26 Å². The fourth-order valence-electron chi connectivity index (χ4n) is 2.37. The SMILES string of the molecule is N#Cc1cncnc1N1CCCc2ccccc21. The summed E-state index contributed by atoms with van der Waals surface area (Å²) in [6.45, 7) is 0.892. The molecule has 0 unspecified atom stereocenters. The highest BCUT2D eigenvalue weighted by Crippen LogP contribution is 2.33.